The first kappa shape index (κ1) is 19.7. The van der Waals surface area contributed by atoms with Gasteiger partial charge in [0.25, 0.3) is 0 Å². The lowest BCUT2D eigenvalue weighted by Crippen LogP contribution is -2.48. The molecule has 0 saturated heterocycles. The van der Waals surface area contributed by atoms with Crippen molar-refractivity contribution in [1.29, 1.82) is 5.53 Å². The third-order valence-corrected chi connectivity index (χ3v) is 6.95. The van der Waals surface area contributed by atoms with E-state index in [2.05, 4.69) is 45.4 Å². The molecule has 8 heteroatoms. The number of hydrogen-bond donors (Lipinski definition) is 4. The van der Waals surface area contributed by atoms with Gasteiger partial charge in [-0.25, -0.2) is 4.98 Å². The van der Waals surface area contributed by atoms with Crippen molar-refractivity contribution in [3.8, 4) is 0 Å². The SMILES string of the molecule is CN/C(=N\N=N)c1ccc2c(c1)nc(NCC1CCCCC1(C)N)c1sccc12. The van der Waals surface area contributed by atoms with E-state index in [1.165, 1.54) is 22.9 Å². The maximum Gasteiger partial charge on any atom is 0.157 e. The number of benzene rings is 1. The van der Waals surface area contributed by atoms with E-state index in [1.807, 2.05) is 12.1 Å². The van der Waals surface area contributed by atoms with Gasteiger partial charge in [0, 0.05) is 35.5 Å². The maximum atomic E-state index is 7.02. The molecule has 0 aliphatic heterocycles. The Morgan fingerprint density at radius 1 is 1.34 bits per heavy atom. The number of pyridine rings is 1. The van der Waals surface area contributed by atoms with Crippen LogP contribution in [0.25, 0.3) is 21.0 Å². The summed E-state index contributed by atoms with van der Waals surface area (Å²) in [5.41, 5.74) is 15.2. The van der Waals surface area contributed by atoms with Gasteiger partial charge in [-0.1, -0.05) is 30.2 Å². The van der Waals surface area contributed by atoms with Gasteiger partial charge in [-0.15, -0.1) is 16.4 Å². The molecule has 7 nitrogen and oxygen atoms in total. The molecule has 2 aromatic heterocycles. The van der Waals surface area contributed by atoms with Gasteiger partial charge in [0.2, 0.25) is 0 Å². The van der Waals surface area contributed by atoms with E-state index in [4.69, 9.17) is 16.2 Å². The fourth-order valence-corrected chi connectivity index (χ4v) is 5.16. The van der Waals surface area contributed by atoms with Gasteiger partial charge in [0.1, 0.15) is 5.82 Å². The molecule has 5 N–H and O–H groups in total. The van der Waals surface area contributed by atoms with Crippen molar-refractivity contribution in [3.05, 3.63) is 35.2 Å². The summed E-state index contributed by atoms with van der Waals surface area (Å²) < 4.78 is 1.17. The van der Waals surface area contributed by atoms with Crippen LogP contribution in [-0.4, -0.2) is 30.0 Å². The van der Waals surface area contributed by atoms with Crippen LogP contribution < -0.4 is 16.4 Å². The Hall–Kier alpha value is -2.58. The van der Waals surface area contributed by atoms with Gasteiger partial charge < -0.3 is 16.4 Å². The van der Waals surface area contributed by atoms with E-state index < -0.39 is 0 Å². The minimum absolute atomic E-state index is 0.123. The smallest absolute Gasteiger partial charge is 0.157 e. The summed E-state index contributed by atoms with van der Waals surface area (Å²) in [5, 5.41) is 18.0. The van der Waals surface area contributed by atoms with Crippen molar-refractivity contribution in [2.75, 3.05) is 18.9 Å². The summed E-state index contributed by atoms with van der Waals surface area (Å²) in [6.07, 6.45) is 4.70. The molecule has 0 amide bonds. The minimum Gasteiger partial charge on any atom is -0.371 e. The van der Waals surface area contributed by atoms with Crippen LogP contribution in [-0.2, 0) is 0 Å². The average molecular weight is 410 g/mol. The molecule has 2 unspecified atom stereocenters. The lowest BCUT2D eigenvalue weighted by atomic mass is 9.74. The Morgan fingerprint density at radius 3 is 2.97 bits per heavy atom. The molecule has 1 aliphatic rings. The average Bonchev–Trinajstić information content (AvgIpc) is 3.20. The van der Waals surface area contributed by atoms with Crippen molar-refractivity contribution in [1.82, 2.24) is 10.3 Å². The van der Waals surface area contributed by atoms with Crippen molar-refractivity contribution in [2.45, 2.75) is 38.1 Å². The first-order chi connectivity index (χ1) is 14.0. The van der Waals surface area contributed by atoms with Gasteiger partial charge in [-0.3, -0.25) is 0 Å². The topological polar surface area (TPSA) is 112 Å². The van der Waals surface area contributed by atoms with Crippen LogP contribution in [0.5, 0.6) is 0 Å². The minimum atomic E-state index is -0.123. The van der Waals surface area contributed by atoms with Gasteiger partial charge in [0.15, 0.2) is 5.84 Å². The van der Waals surface area contributed by atoms with Crippen LogP contribution >= 0.6 is 11.3 Å². The first-order valence-electron chi connectivity index (χ1n) is 10.00. The highest BCUT2D eigenvalue weighted by Gasteiger charge is 2.32. The normalized spacial score (nSPS) is 22.7. The monoisotopic (exact) mass is 409 g/mol. The standard InChI is InChI=1S/C21H27N7S/c1-21(22)9-4-3-5-14(21)12-25-20-18-16(8-10-29-18)15-7-6-13(11-17(15)26-20)19(24-2)27-28-23/h6-8,10-11,14H,3-5,9,12,22H2,1-2H3,(H,25,26)(H2,23,24,27). The lowest BCUT2D eigenvalue weighted by molar-refractivity contribution is 0.219. The third-order valence-electron chi connectivity index (χ3n) is 6.03. The lowest BCUT2D eigenvalue weighted by Gasteiger charge is -2.38. The van der Waals surface area contributed by atoms with Crippen molar-refractivity contribution in [3.63, 3.8) is 0 Å². The van der Waals surface area contributed by atoms with Gasteiger partial charge in [-0.05, 0) is 43.2 Å². The number of fused-ring (bicyclic) bond motifs is 3. The third kappa shape index (κ3) is 3.82. The highest BCUT2D eigenvalue weighted by molar-refractivity contribution is 7.18. The number of nitrogens with zero attached hydrogens (tertiary/aromatic N) is 3. The van der Waals surface area contributed by atoms with E-state index in [-0.39, 0.29) is 5.54 Å². The van der Waals surface area contributed by atoms with Crippen LogP contribution in [0, 0.1) is 11.4 Å². The Morgan fingerprint density at radius 2 is 2.21 bits per heavy atom. The molecule has 0 radical (unpaired) electrons. The van der Waals surface area contributed by atoms with E-state index >= 15 is 0 Å². The van der Waals surface area contributed by atoms with Crippen molar-refractivity contribution < 1.29 is 0 Å². The van der Waals surface area contributed by atoms with E-state index in [0.717, 1.165) is 41.7 Å². The van der Waals surface area contributed by atoms with Crippen LogP contribution in [0.3, 0.4) is 0 Å². The molecular weight excluding hydrogens is 382 g/mol. The first-order valence-corrected chi connectivity index (χ1v) is 10.9. The van der Waals surface area contributed by atoms with Crippen molar-refractivity contribution in [2.24, 2.45) is 22.0 Å². The molecule has 152 valence electrons. The zero-order chi connectivity index (χ0) is 20.4. The molecule has 4 rings (SSSR count). The van der Waals surface area contributed by atoms with Gasteiger partial charge >= 0.3 is 0 Å². The summed E-state index contributed by atoms with van der Waals surface area (Å²) in [6.45, 7) is 3.01. The summed E-state index contributed by atoms with van der Waals surface area (Å²) >= 11 is 1.71. The van der Waals surface area contributed by atoms with Gasteiger partial charge in [0.05, 0.1) is 10.2 Å². The fourth-order valence-electron chi connectivity index (χ4n) is 4.28. The fraction of sp³-hybridized carbons (Fsp3) is 0.429. The summed E-state index contributed by atoms with van der Waals surface area (Å²) in [7, 11) is 1.77. The summed E-state index contributed by atoms with van der Waals surface area (Å²) in [5.74, 6) is 1.90. The number of aromatic nitrogens is 1. The molecule has 1 aliphatic carbocycles. The van der Waals surface area contributed by atoms with Crippen LogP contribution in [0.15, 0.2) is 40.0 Å². The summed E-state index contributed by atoms with van der Waals surface area (Å²) in [4.78, 5) is 4.94. The molecule has 2 atom stereocenters. The van der Waals surface area contributed by atoms with Crippen LogP contribution in [0.4, 0.5) is 5.82 Å². The number of rotatable bonds is 5. The largest absolute Gasteiger partial charge is 0.371 e. The van der Waals surface area contributed by atoms with Crippen LogP contribution in [0.2, 0.25) is 0 Å². The van der Waals surface area contributed by atoms with Gasteiger partial charge in [-0.2, -0.15) is 5.53 Å². The Labute approximate surface area is 174 Å². The molecule has 1 fully saturated rings. The number of anilines is 1. The second-order valence-corrected chi connectivity index (χ2v) is 8.90. The zero-order valence-electron chi connectivity index (χ0n) is 16.8. The second-order valence-electron chi connectivity index (χ2n) is 7.98. The van der Waals surface area contributed by atoms with Crippen LogP contribution in [0.1, 0.15) is 38.2 Å². The Bertz CT molecular complexity index is 1070. The molecule has 29 heavy (non-hydrogen) atoms. The highest BCUT2D eigenvalue weighted by atomic mass is 32.1. The van der Waals surface area contributed by atoms with E-state index in [1.54, 1.807) is 18.4 Å². The van der Waals surface area contributed by atoms with Crippen molar-refractivity contribution >= 4 is 44.0 Å². The molecule has 0 spiro atoms. The molecular formula is C21H27N7S. The van der Waals surface area contributed by atoms with E-state index in [0.29, 0.717) is 11.8 Å². The number of hydrogen-bond acceptors (Lipinski definition) is 6. The van der Waals surface area contributed by atoms with E-state index in [9.17, 15) is 0 Å². The predicted octanol–water partition coefficient (Wildman–Crippen LogP) is 4.68. The Kier molecular flexibility index (Phi) is 5.47. The number of thiophene rings is 1. The predicted molar refractivity (Wildman–Crippen MR) is 121 cm³/mol. The Balaban J connectivity index is 1.71. The molecule has 2 heterocycles. The number of amidine groups is 1. The molecule has 1 saturated carbocycles. The quantitative estimate of drug-likeness (QED) is 0.212. The molecule has 3 aromatic rings. The number of nitrogens with two attached hydrogens (primary N) is 1. The second kappa shape index (κ2) is 8.04. The molecule has 0 bridgehead atoms. The summed E-state index contributed by atoms with van der Waals surface area (Å²) in [6, 6.07) is 8.18. The number of nitrogens with one attached hydrogen (secondary N) is 3. The zero-order valence-corrected chi connectivity index (χ0v) is 17.6. The maximum absolute atomic E-state index is 7.02. The molecule has 1 aromatic carbocycles. The highest BCUT2D eigenvalue weighted by Crippen LogP contribution is 2.36.